The lowest BCUT2D eigenvalue weighted by Crippen LogP contribution is -2.40. The average Bonchev–Trinajstić information content (AvgIpc) is 3.35. The number of carbonyl (C=O) groups excluding carboxylic acids is 1. The van der Waals surface area contributed by atoms with Crippen molar-refractivity contribution in [1.29, 1.82) is 0 Å². The number of aryl methyl sites for hydroxylation is 1. The second kappa shape index (κ2) is 9.26. The summed E-state index contributed by atoms with van der Waals surface area (Å²) in [7, 11) is 0. The standard InChI is InChI=1S/C28H34N4O/c1-19-26(20(2)32(31-19)25-15-12-23(13-16-25)28(3,4)5)22-11-14-24(17-22)30-27(33)29-18-21-9-7-6-8-10-21/h6-16,22,24H,17-18H2,1-5H3,(H2,29,30,33)/t22-,24+/m0/s1. The fourth-order valence-electron chi connectivity index (χ4n) is 4.56. The molecule has 1 heterocycles. The van der Waals surface area contributed by atoms with Crippen LogP contribution in [-0.4, -0.2) is 21.9 Å². The van der Waals surface area contributed by atoms with Gasteiger partial charge in [-0.15, -0.1) is 0 Å². The summed E-state index contributed by atoms with van der Waals surface area (Å²) < 4.78 is 2.04. The summed E-state index contributed by atoms with van der Waals surface area (Å²) in [5.74, 6) is 0.243. The monoisotopic (exact) mass is 442 g/mol. The highest BCUT2D eigenvalue weighted by atomic mass is 16.2. The zero-order chi connectivity index (χ0) is 23.6. The van der Waals surface area contributed by atoms with Crippen LogP contribution in [0.3, 0.4) is 0 Å². The van der Waals surface area contributed by atoms with Crippen LogP contribution in [0, 0.1) is 13.8 Å². The maximum Gasteiger partial charge on any atom is 0.315 e. The molecule has 1 aliphatic rings. The van der Waals surface area contributed by atoms with Gasteiger partial charge in [0.15, 0.2) is 0 Å². The van der Waals surface area contributed by atoms with Gasteiger partial charge in [-0.1, -0.05) is 75.4 Å². The first-order valence-electron chi connectivity index (χ1n) is 11.7. The van der Waals surface area contributed by atoms with Crippen molar-refractivity contribution in [2.75, 3.05) is 0 Å². The summed E-state index contributed by atoms with van der Waals surface area (Å²) in [5, 5.41) is 10.9. The van der Waals surface area contributed by atoms with Crippen molar-refractivity contribution < 1.29 is 4.79 Å². The molecule has 1 aromatic heterocycles. The van der Waals surface area contributed by atoms with E-state index in [1.807, 2.05) is 35.0 Å². The van der Waals surface area contributed by atoms with Crippen molar-refractivity contribution in [3.8, 4) is 5.69 Å². The number of benzene rings is 2. The first-order chi connectivity index (χ1) is 15.7. The van der Waals surface area contributed by atoms with Gasteiger partial charge in [-0.25, -0.2) is 9.48 Å². The molecular weight excluding hydrogens is 408 g/mol. The predicted molar refractivity (Wildman–Crippen MR) is 134 cm³/mol. The van der Waals surface area contributed by atoms with Gasteiger partial charge >= 0.3 is 6.03 Å². The van der Waals surface area contributed by atoms with Crippen molar-refractivity contribution in [2.45, 2.75) is 65.0 Å². The van der Waals surface area contributed by atoms with Crippen LogP contribution >= 0.6 is 0 Å². The molecular formula is C28H34N4O. The number of amides is 2. The third-order valence-corrected chi connectivity index (χ3v) is 6.39. The Hall–Kier alpha value is -3.34. The lowest BCUT2D eigenvalue weighted by atomic mass is 9.87. The number of aromatic nitrogens is 2. The molecule has 2 atom stereocenters. The van der Waals surface area contributed by atoms with E-state index in [1.165, 1.54) is 11.1 Å². The molecule has 0 fully saturated rings. The van der Waals surface area contributed by atoms with Crippen molar-refractivity contribution in [2.24, 2.45) is 0 Å². The van der Waals surface area contributed by atoms with E-state index in [2.05, 4.69) is 81.7 Å². The Labute approximate surface area is 196 Å². The van der Waals surface area contributed by atoms with E-state index in [4.69, 9.17) is 5.10 Å². The molecule has 1 aliphatic carbocycles. The molecule has 0 aliphatic heterocycles. The van der Waals surface area contributed by atoms with E-state index in [0.717, 1.165) is 29.1 Å². The Balaban J connectivity index is 1.41. The number of allylic oxidation sites excluding steroid dienone is 1. The van der Waals surface area contributed by atoms with Crippen molar-refractivity contribution >= 4 is 6.03 Å². The largest absolute Gasteiger partial charge is 0.334 e. The van der Waals surface area contributed by atoms with Crippen LogP contribution < -0.4 is 10.6 Å². The molecule has 0 radical (unpaired) electrons. The first kappa shape index (κ1) is 22.8. The van der Waals surface area contributed by atoms with E-state index in [-0.39, 0.29) is 23.4 Å². The zero-order valence-corrected chi connectivity index (χ0v) is 20.2. The Morgan fingerprint density at radius 2 is 1.73 bits per heavy atom. The summed E-state index contributed by atoms with van der Waals surface area (Å²) in [4.78, 5) is 12.4. The minimum absolute atomic E-state index is 0.0130. The molecule has 33 heavy (non-hydrogen) atoms. The molecule has 0 bridgehead atoms. The first-order valence-corrected chi connectivity index (χ1v) is 11.7. The smallest absolute Gasteiger partial charge is 0.315 e. The number of nitrogens with zero attached hydrogens (tertiary/aromatic N) is 2. The third kappa shape index (κ3) is 5.19. The topological polar surface area (TPSA) is 59.0 Å². The second-order valence-corrected chi connectivity index (χ2v) is 9.94. The van der Waals surface area contributed by atoms with Crippen LogP contribution in [-0.2, 0) is 12.0 Å². The molecule has 3 aromatic rings. The molecule has 0 spiro atoms. The predicted octanol–water partition coefficient (Wildman–Crippen LogP) is 5.70. The highest BCUT2D eigenvalue weighted by molar-refractivity contribution is 5.74. The number of hydrogen-bond donors (Lipinski definition) is 2. The number of rotatable bonds is 5. The summed E-state index contributed by atoms with van der Waals surface area (Å²) in [5.41, 5.74) is 7.04. The Bertz CT molecular complexity index is 1140. The van der Waals surface area contributed by atoms with Gasteiger partial charge in [0.2, 0.25) is 0 Å². The molecule has 0 saturated carbocycles. The lowest BCUT2D eigenvalue weighted by molar-refractivity contribution is 0.238. The number of urea groups is 1. The molecule has 2 aromatic carbocycles. The fraction of sp³-hybridized carbons (Fsp3) is 0.357. The van der Waals surface area contributed by atoms with Gasteiger partial charge in [-0.2, -0.15) is 5.10 Å². The third-order valence-electron chi connectivity index (χ3n) is 6.39. The number of nitrogens with one attached hydrogen (secondary N) is 2. The summed E-state index contributed by atoms with van der Waals surface area (Å²) in [6.45, 7) is 11.4. The van der Waals surface area contributed by atoms with E-state index in [0.29, 0.717) is 6.54 Å². The minimum Gasteiger partial charge on any atom is -0.334 e. The maximum atomic E-state index is 12.4. The van der Waals surface area contributed by atoms with Crippen molar-refractivity contribution in [3.63, 3.8) is 0 Å². The molecule has 4 rings (SSSR count). The SMILES string of the molecule is Cc1nn(-c2ccc(C(C)(C)C)cc2)c(C)c1[C@H]1C=C[C@@H](NC(=O)NCc2ccccc2)C1. The second-order valence-electron chi connectivity index (χ2n) is 9.94. The summed E-state index contributed by atoms with van der Waals surface area (Å²) in [6.07, 6.45) is 5.14. The molecule has 172 valence electrons. The zero-order valence-electron chi connectivity index (χ0n) is 20.2. The number of hydrogen-bond acceptors (Lipinski definition) is 2. The molecule has 0 unspecified atom stereocenters. The quantitative estimate of drug-likeness (QED) is 0.498. The Morgan fingerprint density at radius 1 is 1.03 bits per heavy atom. The fourth-order valence-corrected chi connectivity index (χ4v) is 4.56. The maximum absolute atomic E-state index is 12.4. The molecule has 0 saturated heterocycles. The molecule has 5 heteroatoms. The highest BCUT2D eigenvalue weighted by Gasteiger charge is 2.27. The van der Waals surface area contributed by atoms with E-state index in [9.17, 15) is 4.79 Å². The van der Waals surface area contributed by atoms with Crippen LogP contribution in [0.2, 0.25) is 0 Å². The summed E-state index contributed by atoms with van der Waals surface area (Å²) >= 11 is 0. The van der Waals surface area contributed by atoms with Crippen molar-refractivity contribution in [1.82, 2.24) is 20.4 Å². The van der Waals surface area contributed by atoms with E-state index < -0.39 is 0 Å². The van der Waals surface area contributed by atoms with Crippen LogP contribution in [0.15, 0.2) is 66.7 Å². The van der Waals surface area contributed by atoms with Crippen molar-refractivity contribution in [3.05, 3.63) is 94.8 Å². The van der Waals surface area contributed by atoms with Gasteiger partial charge in [0.25, 0.3) is 0 Å². The lowest BCUT2D eigenvalue weighted by Gasteiger charge is -2.19. The molecule has 2 N–H and O–H groups in total. The normalized spacial score (nSPS) is 17.8. The van der Waals surface area contributed by atoms with Gasteiger partial charge in [0, 0.05) is 29.8 Å². The number of carbonyl (C=O) groups is 1. The van der Waals surface area contributed by atoms with Crippen LogP contribution in [0.4, 0.5) is 4.79 Å². The Morgan fingerprint density at radius 3 is 2.39 bits per heavy atom. The van der Waals surface area contributed by atoms with Gasteiger partial charge in [0.1, 0.15) is 0 Å². The minimum atomic E-state index is -0.141. The van der Waals surface area contributed by atoms with Gasteiger partial charge in [-0.3, -0.25) is 0 Å². The van der Waals surface area contributed by atoms with E-state index >= 15 is 0 Å². The Kier molecular flexibility index (Phi) is 6.41. The highest BCUT2D eigenvalue weighted by Crippen LogP contribution is 2.34. The van der Waals surface area contributed by atoms with Gasteiger partial charge in [-0.05, 0) is 48.9 Å². The molecule has 2 amide bonds. The van der Waals surface area contributed by atoms with Crippen LogP contribution in [0.5, 0.6) is 0 Å². The van der Waals surface area contributed by atoms with Gasteiger partial charge in [0.05, 0.1) is 11.4 Å². The summed E-state index contributed by atoms with van der Waals surface area (Å²) in [6, 6.07) is 18.5. The van der Waals surface area contributed by atoms with Crippen LogP contribution in [0.25, 0.3) is 5.69 Å². The molecule has 5 nitrogen and oxygen atoms in total. The average molecular weight is 443 g/mol. The van der Waals surface area contributed by atoms with Crippen LogP contribution in [0.1, 0.15) is 61.2 Å². The van der Waals surface area contributed by atoms with Gasteiger partial charge < -0.3 is 10.6 Å². The van der Waals surface area contributed by atoms with E-state index in [1.54, 1.807) is 0 Å².